The molecule has 0 aliphatic rings. The van der Waals surface area contributed by atoms with E-state index < -0.39 is 0 Å². The van der Waals surface area contributed by atoms with Gasteiger partial charge in [0, 0.05) is 16.9 Å². The lowest BCUT2D eigenvalue weighted by molar-refractivity contribution is 0.465. The van der Waals surface area contributed by atoms with Crippen molar-refractivity contribution < 1.29 is 8.83 Å². The van der Waals surface area contributed by atoms with Crippen molar-refractivity contribution >= 4 is 11.8 Å². The fraction of sp³-hybridized carbons (Fsp3) is 0.150. The van der Waals surface area contributed by atoms with Gasteiger partial charge in [0.2, 0.25) is 11.8 Å². The molecule has 0 unspecified atom stereocenters. The molecular weight excluding hydrogens is 346 g/mol. The number of thioether (sulfide) groups is 1. The second kappa shape index (κ2) is 7.17. The molecule has 0 radical (unpaired) electrons. The first-order valence-electron chi connectivity index (χ1n) is 8.22. The highest BCUT2D eigenvalue weighted by atomic mass is 32.2. The third-order valence-electron chi connectivity index (χ3n) is 3.87. The lowest BCUT2D eigenvalue weighted by Gasteiger charge is -1.96. The average Bonchev–Trinajstić information content (AvgIpc) is 3.30. The fourth-order valence-electron chi connectivity index (χ4n) is 2.50. The monoisotopic (exact) mass is 363 g/mol. The second-order valence-electron chi connectivity index (χ2n) is 6.04. The van der Waals surface area contributed by atoms with E-state index in [0.29, 0.717) is 22.8 Å². The van der Waals surface area contributed by atoms with Crippen molar-refractivity contribution in [3.63, 3.8) is 0 Å². The van der Waals surface area contributed by atoms with Crippen molar-refractivity contribution in [1.82, 2.24) is 15.2 Å². The molecule has 4 rings (SSSR count). The number of aromatic nitrogens is 3. The first-order valence-corrected chi connectivity index (χ1v) is 9.21. The zero-order valence-corrected chi connectivity index (χ0v) is 15.3. The van der Waals surface area contributed by atoms with Crippen LogP contribution in [-0.2, 0) is 5.75 Å². The summed E-state index contributed by atoms with van der Waals surface area (Å²) >= 11 is 1.44. The van der Waals surface area contributed by atoms with Crippen LogP contribution in [0.1, 0.15) is 16.8 Å². The molecule has 6 heteroatoms. The first-order chi connectivity index (χ1) is 12.7. The quantitative estimate of drug-likeness (QED) is 0.448. The van der Waals surface area contributed by atoms with E-state index in [2.05, 4.69) is 22.1 Å². The van der Waals surface area contributed by atoms with Crippen LogP contribution in [0.4, 0.5) is 0 Å². The maximum Gasteiger partial charge on any atom is 0.277 e. The summed E-state index contributed by atoms with van der Waals surface area (Å²) in [5.74, 6) is 1.74. The summed E-state index contributed by atoms with van der Waals surface area (Å²) in [6, 6.07) is 16.1. The van der Waals surface area contributed by atoms with Gasteiger partial charge in [-0.1, -0.05) is 47.2 Å². The Kier molecular flexibility index (Phi) is 4.58. The van der Waals surface area contributed by atoms with Crippen LogP contribution in [0.5, 0.6) is 0 Å². The van der Waals surface area contributed by atoms with Gasteiger partial charge < -0.3 is 8.83 Å². The van der Waals surface area contributed by atoms with Crippen molar-refractivity contribution in [2.45, 2.75) is 24.8 Å². The fourth-order valence-corrected chi connectivity index (χ4v) is 3.14. The summed E-state index contributed by atoms with van der Waals surface area (Å²) in [5.41, 5.74) is 5.08. The summed E-state index contributed by atoms with van der Waals surface area (Å²) in [7, 11) is 0. The summed E-state index contributed by atoms with van der Waals surface area (Å²) in [5, 5.41) is 8.73. The third kappa shape index (κ3) is 3.70. The Morgan fingerprint density at radius 3 is 2.54 bits per heavy atom. The first kappa shape index (κ1) is 16.6. The van der Waals surface area contributed by atoms with Gasteiger partial charge in [0.15, 0.2) is 0 Å². The summed E-state index contributed by atoms with van der Waals surface area (Å²) in [6.45, 7) is 4.09. The summed E-state index contributed by atoms with van der Waals surface area (Å²) < 4.78 is 11.3. The molecule has 0 atom stereocenters. The van der Waals surface area contributed by atoms with E-state index in [1.54, 1.807) is 6.26 Å². The summed E-state index contributed by atoms with van der Waals surface area (Å²) in [4.78, 5) is 4.52. The SMILES string of the molecule is Cc1ccc(-c2nc(CSc3nnc(-c4cccc(C)c4)o3)co2)cc1. The molecule has 0 spiro atoms. The minimum absolute atomic E-state index is 0.515. The van der Waals surface area contributed by atoms with Crippen LogP contribution in [0.15, 0.2) is 68.9 Å². The predicted octanol–water partition coefficient (Wildman–Crippen LogP) is 5.30. The smallest absolute Gasteiger partial charge is 0.277 e. The minimum atomic E-state index is 0.515. The molecule has 0 fully saturated rings. The van der Waals surface area contributed by atoms with Gasteiger partial charge >= 0.3 is 0 Å². The highest BCUT2D eigenvalue weighted by Gasteiger charge is 2.12. The molecule has 0 saturated heterocycles. The third-order valence-corrected chi connectivity index (χ3v) is 4.72. The molecule has 0 saturated carbocycles. The second-order valence-corrected chi connectivity index (χ2v) is 6.97. The van der Waals surface area contributed by atoms with E-state index in [4.69, 9.17) is 8.83 Å². The Hall–Kier alpha value is -2.86. The van der Waals surface area contributed by atoms with Crippen molar-refractivity contribution in [2.24, 2.45) is 0 Å². The van der Waals surface area contributed by atoms with Gasteiger partial charge in [0.1, 0.15) is 6.26 Å². The van der Waals surface area contributed by atoms with Crippen molar-refractivity contribution in [3.05, 3.63) is 71.6 Å². The van der Waals surface area contributed by atoms with Crippen LogP contribution >= 0.6 is 11.8 Å². The number of nitrogens with zero attached hydrogens (tertiary/aromatic N) is 3. The van der Waals surface area contributed by atoms with Gasteiger partial charge in [-0.25, -0.2) is 4.98 Å². The van der Waals surface area contributed by atoms with Crippen molar-refractivity contribution in [3.8, 4) is 22.9 Å². The Morgan fingerprint density at radius 1 is 0.885 bits per heavy atom. The normalized spacial score (nSPS) is 11.0. The number of hydrogen-bond acceptors (Lipinski definition) is 6. The highest BCUT2D eigenvalue weighted by Crippen LogP contribution is 2.27. The van der Waals surface area contributed by atoms with Crippen LogP contribution in [0.3, 0.4) is 0 Å². The molecule has 2 aromatic carbocycles. The predicted molar refractivity (Wildman–Crippen MR) is 101 cm³/mol. The van der Waals surface area contributed by atoms with Gasteiger partial charge in [-0.2, -0.15) is 0 Å². The highest BCUT2D eigenvalue weighted by molar-refractivity contribution is 7.98. The van der Waals surface area contributed by atoms with Gasteiger partial charge in [-0.3, -0.25) is 0 Å². The minimum Gasteiger partial charge on any atom is -0.444 e. The molecule has 2 heterocycles. The Bertz CT molecular complexity index is 1020. The van der Waals surface area contributed by atoms with Gasteiger partial charge in [-0.15, -0.1) is 10.2 Å². The van der Waals surface area contributed by atoms with E-state index in [9.17, 15) is 0 Å². The standard InChI is InChI=1S/C20H17N3O2S/c1-13-6-8-15(9-7-13)18-21-17(11-24-18)12-26-20-23-22-19(25-20)16-5-3-4-14(2)10-16/h3-11H,12H2,1-2H3. The van der Waals surface area contributed by atoms with Crippen LogP contribution in [-0.4, -0.2) is 15.2 Å². The van der Waals surface area contributed by atoms with E-state index in [0.717, 1.165) is 22.4 Å². The zero-order valence-electron chi connectivity index (χ0n) is 14.5. The molecule has 5 nitrogen and oxygen atoms in total. The van der Waals surface area contributed by atoms with Crippen molar-refractivity contribution in [1.29, 1.82) is 0 Å². The molecule has 130 valence electrons. The number of hydrogen-bond donors (Lipinski definition) is 0. The van der Waals surface area contributed by atoms with Crippen LogP contribution < -0.4 is 0 Å². The molecule has 2 aromatic heterocycles. The molecule has 0 bridgehead atoms. The van der Waals surface area contributed by atoms with Gasteiger partial charge in [0.25, 0.3) is 5.22 Å². The Morgan fingerprint density at radius 2 is 1.73 bits per heavy atom. The Labute approximate surface area is 155 Å². The van der Waals surface area contributed by atoms with Crippen LogP contribution in [0.25, 0.3) is 22.9 Å². The maximum atomic E-state index is 5.73. The largest absolute Gasteiger partial charge is 0.444 e. The van der Waals surface area contributed by atoms with E-state index in [1.165, 1.54) is 17.3 Å². The molecule has 4 aromatic rings. The summed E-state index contributed by atoms with van der Waals surface area (Å²) in [6.07, 6.45) is 1.67. The molecule has 0 N–H and O–H groups in total. The van der Waals surface area contributed by atoms with E-state index in [-0.39, 0.29) is 0 Å². The van der Waals surface area contributed by atoms with E-state index in [1.807, 2.05) is 55.5 Å². The maximum absolute atomic E-state index is 5.73. The molecule has 26 heavy (non-hydrogen) atoms. The molecule has 0 aliphatic heterocycles. The number of aryl methyl sites for hydroxylation is 2. The molecular formula is C20H17N3O2S. The molecule has 0 amide bonds. The number of benzene rings is 2. The van der Waals surface area contributed by atoms with Gasteiger partial charge in [0.05, 0.1) is 5.69 Å². The van der Waals surface area contributed by atoms with Crippen LogP contribution in [0.2, 0.25) is 0 Å². The molecule has 0 aliphatic carbocycles. The van der Waals surface area contributed by atoms with E-state index >= 15 is 0 Å². The number of rotatable bonds is 5. The zero-order chi connectivity index (χ0) is 17.9. The topological polar surface area (TPSA) is 65.0 Å². The Balaban J connectivity index is 1.43. The van der Waals surface area contributed by atoms with Gasteiger partial charge in [-0.05, 0) is 38.1 Å². The van der Waals surface area contributed by atoms with Crippen LogP contribution in [0, 0.1) is 13.8 Å². The average molecular weight is 363 g/mol. The lowest BCUT2D eigenvalue weighted by atomic mass is 10.1. The van der Waals surface area contributed by atoms with Crippen molar-refractivity contribution in [2.75, 3.05) is 0 Å². The lowest BCUT2D eigenvalue weighted by Crippen LogP contribution is -1.83. The number of oxazole rings is 1.